The molecule has 4 N–H and O–H groups in total. The number of carbonyl (C=O) groups is 3. The van der Waals surface area contributed by atoms with Crippen molar-refractivity contribution in [2.45, 2.75) is 51.6 Å². The minimum Gasteiger partial charge on any atom is -0.480 e. The molecule has 1 aliphatic heterocycles. The first-order chi connectivity index (χ1) is 20.9. The van der Waals surface area contributed by atoms with Crippen molar-refractivity contribution in [2.24, 2.45) is 0 Å². The number of rotatable bonds is 11. The fourth-order valence-corrected chi connectivity index (χ4v) is 4.61. The van der Waals surface area contributed by atoms with Crippen molar-refractivity contribution in [2.75, 3.05) is 49.5 Å². The maximum atomic E-state index is 15.1. The van der Waals surface area contributed by atoms with E-state index in [-0.39, 0.29) is 17.8 Å². The molecule has 1 aliphatic rings. The number of nitrogens with one attached hydrogen (secondary N) is 3. The van der Waals surface area contributed by atoms with E-state index in [1.54, 1.807) is 31.7 Å². The molecule has 1 heterocycles. The fraction of sp³-hybridized carbons (Fsp3) is 0.483. The molecule has 10 nitrogen and oxygen atoms in total. The van der Waals surface area contributed by atoms with Crippen molar-refractivity contribution in [3.8, 4) is 0 Å². The molecule has 0 aliphatic carbocycles. The van der Waals surface area contributed by atoms with E-state index < -0.39 is 72.5 Å². The standard InChI is InChI=1S/C29H35ClF5N5O5/c1-28(2,3)45-27(44)37-16-21(26(42)43)36-15-17-4-6-19(24(32)23(17)31)25(41)38-20-7-5-18(30)14-22(20)40-12-10-39(11-13-40)9-8-29(33,34)35/h4-7,14,21,36H,8-13,15-16H2,1-3H3,(H,37,44)(H,38,41)(H,42,43). The van der Waals surface area contributed by atoms with Crippen LogP contribution in [0, 0.1) is 11.6 Å². The molecule has 248 valence electrons. The van der Waals surface area contributed by atoms with Gasteiger partial charge in [-0.2, -0.15) is 13.2 Å². The second kappa shape index (κ2) is 15.1. The Balaban J connectivity index is 1.66. The third-order valence-corrected chi connectivity index (χ3v) is 6.96. The van der Waals surface area contributed by atoms with Crippen molar-refractivity contribution in [3.63, 3.8) is 0 Å². The Hall–Kier alpha value is -3.69. The van der Waals surface area contributed by atoms with Crippen LogP contribution in [0.5, 0.6) is 0 Å². The van der Waals surface area contributed by atoms with Gasteiger partial charge in [-0.1, -0.05) is 17.7 Å². The number of alkyl carbamates (subject to hydrolysis) is 1. The lowest BCUT2D eigenvalue weighted by molar-refractivity contribution is -0.139. The van der Waals surface area contributed by atoms with E-state index in [1.165, 1.54) is 12.1 Å². The van der Waals surface area contributed by atoms with Crippen molar-refractivity contribution in [1.29, 1.82) is 0 Å². The number of hydrogen-bond acceptors (Lipinski definition) is 7. The van der Waals surface area contributed by atoms with E-state index in [0.717, 1.165) is 12.1 Å². The van der Waals surface area contributed by atoms with Crippen molar-refractivity contribution >= 4 is 40.9 Å². The minimum absolute atomic E-state index is 0.132. The van der Waals surface area contributed by atoms with Crippen LogP contribution in [0.4, 0.5) is 38.1 Å². The second-order valence-electron chi connectivity index (χ2n) is 11.4. The molecule has 2 amide bonds. The summed E-state index contributed by atoms with van der Waals surface area (Å²) in [6.07, 6.45) is -6.03. The smallest absolute Gasteiger partial charge is 0.407 e. The highest BCUT2D eigenvalue weighted by atomic mass is 35.5. The number of halogens is 6. The van der Waals surface area contributed by atoms with Crippen molar-refractivity contribution in [3.05, 3.63) is 58.1 Å². The van der Waals surface area contributed by atoms with Gasteiger partial charge in [0.2, 0.25) is 0 Å². The summed E-state index contributed by atoms with van der Waals surface area (Å²) in [6.45, 7) is 5.28. The summed E-state index contributed by atoms with van der Waals surface area (Å²) in [5, 5.41) is 17.1. The van der Waals surface area contributed by atoms with Crippen LogP contribution >= 0.6 is 11.6 Å². The molecule has 1 saturated heterocycles. The average Bonchev–Trinajstić information content (AvgIpc) is 2.93. The van der Waals surface area contributed by atoms with Gasteiger partial charge in [0.25, 0.3) is 5.91 Å². The first kappa shape index (κ1) is 35.8. The molecule has 45 heavy (non-hydrogen) atoms. The minimum atomic E-state index is -4.26. The Morgan fingerprint density at radius 2 is 1.69 bits per heavy atom. The van der Waals surface area contributed by atoms with E-state index >= 15 is 4.39 Å². The number of benzene rings is 2. The summed E-state index contributed by atoms with van der Waals surface area (Å²) in [6, 6.07) is 5.35. The van der Waals surface area contributed by atoms with Gasteiger partial charge in [-0.05, 0) is 45.0 Å². The Labute approximate surface area is 261 Å². The van der Waals surface area contributed by atoms with Crippen LogP contribution in [0.3, 0.4) is 0 Å². The first-order valence-corrected chi connectivity index (χ1v) is 14.4. The van der Waals surface area contributed by atoms with Crippen LogP contribution in [0.15, 0.2) is 30.3 Å². The highest BCUT2D eigenvalue weighted by molar-refractivity contribution is 6.31. The molecule has 1 unspecified atom stereocenters. The van der Waals surface area contributed by atoms with E-state index in [0.29, 0.717) is 36.9 Å². The summed E-state index contributed by atoms with van der Waals surface area (Å²) in [7, 11) is 0. The Morgan fingerprint density at radius 1 is 1.02 bits per heavy atom. The molecule has 2 aromatic carbocycles. The zero-order chi connectivity index (χ0) is 33.5. The molecular weight excluding hydrogens is 629 g/mol. The molecule has 3 rings (SSSR count). The number of nitrogens with zero attached hydrogens (tertiary/aromatic N) is 2. The van der Waals surface area contributed by atoms with Crippen LogP contribution in [0.1, 0.15) is 43.1 Å². The number of alkyl halides is 3. The van der Waals surface area contributed by atoms with Crippen molar-refractivity contribution in [1.82, 2.24) is 15.5 Å². The lowest BCUT2D eigenvalue weighted by Crippen LogP contribution is -2.47. The van der Waals surface area contributed by atoms with Gasteiger partial charge in [-0.15, -0.1) is 0 Å². The molecule has 0 aromatic heterocycles. The number of hydrogen-bond donors (Lipinski definition) is 4. The lowest BCUT2D eigenvalue weighted by Gasteiger charge is -2.37. The van der Waals surface area contributed by atoms with Crippen LogP contribution in [-0.2, 0) is 16.1 Å². The number of ether oxygens (including phenoxy) is 1. The Kier molecular flexibility index (Phi) is 12.0. The van der Waals surface area contributed by atoms with Gasteiger partial charge in [-0.3, -0.25) is 19.8 Å². The molecule has 0 radical (unpaired) electrons. The monoisotopic (exact) mass is 663 g/mol. The van der Waals surface area contributed by atoms with Gasteiger partial charge < -0.3 is 25.4 Å². The van der Waals surface area contributed by atoms with Crippen LogP contribution in [0.2, 0.25) is 5.02 Å². The molecule has 0 saturated carbocycles. The molecule has 16 heteroatoms. The van der Waals surface area contributed by atoms with Crippen LogP contribution in [0.25, 0.3) is 0 Å². The Morgan fingerprint density at radius 3 is 2.29 bits per heavy atom. The van der Waals surface area contributed by atoms with Gasteiger partial charge >= 0.3 is 18.2 Å². The van der Waals surface area contributed by atoms with Gasteiger partial charge in [0, 0.05) is 56.4 Å². The number of carboxylic acids is 1. The van der Waals surface area contributed by atoms with E-state index in [2.05, 4.69) is 16.0 Å². The summed E-state index contributed by atoms with van der Waals surface area (Å²) in [5.74, 6) is -5.15. The maximum Gasteiger partial charge on any atom is 0.407 e. The zero-order valence-electron chi connectivity index (χ0n) is 24.9. The quantitative estimate of drug-likeness (QED) is 0.248. The molecule has 2 aromatic rings. The second-order valence-corrected chi connectivity index (χ2v) is 11.8. The third-order valence-electron chi connectivity index (χ3n) is 6.73. The normalized spacial score (nSPS) is 15.0. The number of carbonyl (C=O) groups excluding carboxylic acids is 2. The molecular formula is C29H35ClF5N5O5. The van der Waals surface area contributed by atoms with Crippen molar-refractivity contribution < 1.29 is 46.2 Å². The average molecular weight is 664 g/mol. The lowest BCUT2D eigenvalue weighted by atomic mass is 10.1. The van der Waals surface area contributed by atoms with Gasteiger partial charge in [0.15, 0.2) is 11.6 Å². The molecule has 0 spiro atoms. The third kappa shape index (κ3) is 11.0. The topological polar surface area (TPSA) is 123 Å². The van der Waals surface area contributed by atoms with Gasteiger partial charge in [-0.25, -0.2) is 13.6 Å². The number of anilines is 2. The highest BCUT2D eigenvalue weighted by Gasteiger charge is 2.29. The Bertz CT molecular complexity index is 1380. The summed E-state index contributed by atoms with van der Waals surface area (Å²) >= 11 is 6.16. The van der Waals surface area contributed by atoms with E-state index in [4.69, 9.17) is 16.3 Å². The number of amides is 2. The predicted octanol–water partition coefficient (Wildman–Crippen LogP) is 5.01. The summed E-state index contributed by atoms with van der Waals surface area (Å²) < 4.78 is 72.9. The fourth-order valence-electron chi connectivity index (χ4n) is 4.44. The first-order valence-electron chi connectivity index (χ1n) is 14.0. The van der Waals surface area contributed by atoms with Gasteiger partial charge in [0.05, 0.1) is 23.4 Å². The maximum absolute atomic E-state index is 15.1. The predicted molar refractivity (Wildman–Crippen MR) is 158 cm³/mol. The number of aliphatic carboxylic acids is 1. The molecule has 1 fully saturated rings. The van der Waals surface area contributed by atoms with Crippen LogP contribution < -0.4 is 20.9 Å². The number of carboxylic acid groups (broad SMARTS) is 1. The van der Waals surface area contributed by atoms with Gasteiger partial charge in [0.1, 0.15) is 11.6 Å². The SMILES string of the molecule is CC(C)(C)OC(=O)NCC(NCc1ccc(C(=O)Nc2ccc(Cl)cc2N2CCN(CCC(F)(F)F)CC2)c(F)c1F)C(=O)O. The van der Waals surface area contributed by atoms with Crippen LogP contribution in [-0.4, -0.2) is 85.1 Å². The molecule has 1 atom stereocenters. The molecule has 0 bridgehead atoms. The van der Waals surface area contributed by atoms with E-state index in [9.17, 15) is 37.1 Å². The highest BCUT2D eigenvalue weighted by Crippen LogP contribution is 2.31. The van der Waals surface area contributed by atoms with E-state index in [1.807, 2.05) is 4.90 Å². The summed E-state index contributed by atoms with van der Waals surface area (Å²) in [4.78, 5) is 40.0. The zero-order valence-corrected chi connectivity index (χ0v) is 25.6. The largest absolute Gasteiger partial charge is 0.480 e. The summed E-state index contributed by atoms with van der Waals surface area (Å²) in [5.41, 5.74) is -0.982. The number of piperazine rings is 1.